The summed E-state index contributed by atoms with van der Waals surface area (Å²) < 4.78 is 5.42. The quantitative estimate of drug-likeness (QED) is 0.843. The third kappa shape index (κ3) is 2.45. The van der Waals surface area contributed by atoms with E-state index in [9.17, 15) is 0 Å². The number of benzene rings is 1. The molecule has 0 aromatic heterocycles. The molecule has 0 aliphatic heterocycles. The van der Waals surface area contributed by atoms with Crippen molar-refractivity contribution in [3.8, 4) is 5.75 Å². The van der Waals surface area contributed by atoms with Gasteiger partial charge in [-0.25, -0.2) is 0 Å². The fourth-order valence-electron chi connectivity index (χ4n) is 2.35. The fourth-order valence-corrected chi connectivity index (χ4v) is 2.35. The average molecular weight is 234 g/mol. The van der Waals surface area contributed by atoms with Crippen LogP contribution in [0.25, 0.3) is 0 Å². The molecule has 2 rings (SSSR count). The van der Waals surface area contributed by atoms with E-state index in [0.717, 1.165) is 12.3 Å². The van der Waals surface area contributed by atoms with Crippen molar-refractivity contribution in [2.24, 2.45) is 0 Å². The Labute approximate surface area is 104 Å². The molecule has 1 aliphatic carbocycles. The lowest BCUT2D eigenvalue weighted by molar-refractivity contribution is 0.371. The van der Waals surface area contributed by atoms with Crippen molar-refractivity contribution in [3.05, 3.63) is 29.3 Å². The molecule has 0 bridgehead atoms. The van der Waals surface area contributed by atoms with Crippen molar-refractivity contribution in [3.63, 3.8) is 0 Å². The van der Waals surface area contributed by atoms with Gasteiger partial charge in [0.2, 0.25) is 0 Å². The van der Waals surface area contributed by atoms with Crippen LogP contribution in [0.5, 0.6) is 5.75 Å². The number of nitrogens with one attached hydrogen (secondary N) is 1. The highest BCUT2D eigenvalue weighted by Gasteiger charge is 2.42. The van der Waals surface area contributed by atoms with Crippen molar-refractivity contribution in [2.45, 2.75) is 24.9 Å². The van der Waals surface area contributed by atoms with E-state index in [2.05, 4.69) is 42.5 Å². The van der Waals surface area contributed by atoms with Crippen molar-refractivity contribution in [2.75, 3.05) is 28.3 Å². The zero-order valence-electron chi connectivity index (χ0n) is 11.2. The van der Waals surface area contributed by atoms with Gasteiger partial charge >= 0.3 is 0 Å². The summed E-state index contributed by atoms with van der Waals surface area (Å²) >= 11 is 0. The first-order valence-electron chi connectivity index (χ1n) is 6.12. The van der Waals surface area contributed by atoms with Crippen LogP contribution in [0.15, 0.2) is 18.2 Å². The fraction of sp³-hybridized carbons (Fsp3) is 0.571. The van der Waals surface area contributed by atoms with Crippen molar-refractivity contribution >= 4 is 0 Å². The molecule has 94 valence electrons. The lowest BCUT2D eigenvalue weighted by Gasteiger charge is -2.19. The first-order valence-corrected chi connectivity index (χ1v) is 6.12. The van der Waals surface area contributed by atoms with Crippen LogP contribution in [0, 0.1) is 0 Å². The number of rotatable bonds is 5. The Bertz CT molecular complexity index is 397. The zero-order valence-corrected chi connectivity index (χ0v) is 11.2. The molecule has 0 amide bonds. The van der Waals surface area contributed by atoms with E-state index in [1.54, 1.807) is 7.11 Å². The second-order valence-corrected chi connectivity index (χ2v) is 5.10. The topological polar surface area (TPSA) is 24.5 Å². The SMILES string of the molecule is CNC1(c2ccc(OC)c(CN(C)C)c2)CC1. The molecule has 1 N–H and O–H groups in total. The summed E-state index contributed by atoms with van der Waals surface area (Å²) in [5, 5.41) is 3.43. The molecule has 1 fully saturated rings. The normalized spacial score (nSPS) is 17.2. The molecule has 0 spiro atoms. The van der Waals surface area contributed by atoms with Crippen LogP contribution in [-0.4, -0.2) is 33.2 Å². The number of hydrogen-bond acceptors (Lipinski definition) is 3. The minimum Gasteiger partial charge on any atom is -0.496 e. The molecular formula is C14H22N2O. The summed E-state index contributed by atoms with van der Waals surface area (Å²) in [6.45, 7) is 0.913. The smallest absolute Gasteiger partial charge is 0.123 e. The van der Waals surface area contributed by atoms with Crippen molar-refractivity contribution in [1.82, 2.24) is 10.2 Å². The van der Waals surface area contributed by atoms with E-state index in [0.29, 0.717) is 0 Å². The van der Waals surface area contributed by atoms with E-state index in [-0.39, 0.29) is 5.54 Å². The third-order valence-corrected chi connectivity index (χ3v) is 3.55. The molecule has 0 atom stereocenters. The molecule has 1 saturated carbocycles. The van der Waals surface area contributed by atoms with E-state index >= 15 is 0 Å². The van der Waals surface area contributed by atoms with Gasteiger partial charge in [0, 0.05) is 17.6 Å². The minimum atomic E-state index is 0.229. The van der Waals surface area contributed by atoms with Crippen LogP contribution in [0.2, 0.25) is 0 Å². The Kier molecular flexibility index (Phi) is 3.40. The maximum atomic E-state index is 5.42. The number of methoxy groups -OCH3 is 1. The highest BCUT2D eigenvalue weighted by Crippen LogP contribution is 2.45. The Morgan fingerprint density at radius 3 is 2.53 bits per heavy atom. The van der Waals surface area contributed by atoms with Crippen LogP contribution < -0.4 is 10.1 Å². The molecule has 0 heterocycles. The molecular weight excluding hydrogens is 212 g/mol. The lowest BCUT2D eigenvalue weighted by Crippen LogP contribution is -2.24. The maximum absolute atomic E-state index is 5.42. The zero-order chi connectivity index (χ0) is 12.5. The molecule has 17 heavy (non-hydrogen) atoms. The second kappa shape index (κ2) is 4.67. The predicted octanol–water partition coefficient (Wildman–Crippen LogP) is 1.97. The van der Waals surface area contributed by atoms with Crippen LogP contribution in [0.3, 0.4) is 0 Å². The van der Waals surface area contributed by atoms with Gasteiger partial charge in [-0.15, -0.1) is 0 Å². The van der Waals surface area contributed by atoms with Crippen molar-refractivity contribution < 1.29 is 4.74 Å². The Balaban J connectivity index is 2.31. The standard InChI is InChI=1S/C14H22N2O/c1-15-14(7-8-14)12-5-6-13(17-4)11(9-12)10-16(2)3/h5-6,9,15H,7-8,10H2,1-4H3. The maximum Gasteiger partial charge on any atom is 0.123 e. The number of hydrogen-bond donors (Lipinski definition) is 1. The first-order chi connectivity index (χ1) is 8.11. The van der Waals surface area contributed by atoms with E-state index < -0.39 is 0 Å². The van der Waals surface area contributed by atoms with Gasteiger partial charge in [0.25, 0.3) is 0 Å². The van der Waals surface area contributed by atoms with Crippen LogP contribution in [0.1, 0.15) is 24.0 Å². The van der Waals surface area contributed by atoms with Gasteiger partial charge in [-0.3, -0.25) is 0 Å². The molecule has 0 unspecified atom stereocenters. The average Bonchev–Trinajstić information content (AvgIpc) is 3.09. The van der Waals surface area contributed by atoms with Gasteiger partial charge in [-0.1, -0.05) is 6.07 Å². The first kappa shape index (κ1) is 12.4. The van der Waals surface area contributed by atoms with E-state index in [1.807, 2.05) is 7.05 Å². The summed E-state index contributed by atoms with van der Waals surface area (Å²) in [5.41, 5.74) is 2.88. The minimum absolute atomic E-state index is 0.229. The van der Waals surface area contributed by atoms with Crippen LogP contribution >= 0.6 is 0 Å². The van der Waals surface area contributed by atoms with Gasteiger partial charge in [0.05, 0.1) is 7.11 Å². The summed E-state index contributed by atoms with van der Waals surface area (Å²) in [7, 11) is 7.94. The van der Waals surface area contributed by atoms with Gasteiger partial charge in [-0.2, -0.15) is 0 Å². The number of ether oxygens (including phenoxy) is 1. The molecule has 0 radical (unpaired) electrons. The van der Waals surface area contributed by atoms with Gasteiger partial charge in [0.15, 0.2) is 0 Å². The highest BCUT2D eigenvalue weighted by atomic mass is 16.5. The molecule has 1 aromatic carbocycles. The third-order valence-electron chi connectivity index (χ3n) is 3.55. The molecule has 3 nitrogen and oxygen atoms in total. The van der Waals surface area contributed by atoms with Gasteiger partial charge in [-0.05, 0) is 51.7 Å². The highest BCUT2D eigenvalue weighted by molar-refractivity contribution is 5.42. The Morgan fingerprint density at radius 2 is 2.06 bits per heavy atom. The van der Waals surface area contributed by atoms with Crippen LogP contribution in [-0.2, 0) is 12.1 Å². The summed E-state index contributed by atoms with van der Waals surface area (Å²) in [6.07, 6.45) is 2.47. The van der Waals surface area contributed by atoms with Crippen LogP contribution in [0.4, 0.5) is 0 Å². The predicted molar refractivity (Wildman–Crippen MR) is 70.4 cm³/mol. The van der Waals surface area contributed by atoms with E-state index in [1.165, 1.54) is 24.0 Å². The molecule has 1 aliphatic rings. The van der Waals surface area contributed by atoms with Crippen molar-refractivity contribution in [1.29, 1.82) is 0 Å². The monoisotopic (exact) mass is 234 g/mol. The Morgan fingerprint density at radius 1 is 1.35 bits per heavy atom. The summed E-state index contributed by atoms with van der Waals surface area (Å²) in [5.74, 6) is 0.981. The van der Waals surface area contributed by atoms with E-state index in [4.69, 9.17) is 4.74 Å². The lowest BCUT2D eigenvalue weighted by atomic mass is 10.0. The Hall–Kier alpha value is -1.06. The molecule has 3 heteroatoms. The largest absolute Gasteiger partial charge is 0.496 e. The molecule has 0 saturated heterocycles. The summed E-state index contributed by atoms with van der Waals surface area (Å²) in [6, 6.07) is 6.55. The number of nitrogens with zero attached hydrogens (tertiary/aromatic N) is 1. The molecule has 1 aromatic rings. The second-order valence-electron chi connectivity index (χ2n) is 5.10. The van der Waals surface area contributed by atoms with Gasteiger partial charge < -0.3 is 15.0 Å². The van der Waals surface area contributed by atoms with Gasteiger partial charge in [0.1, 0.15) is 5.75 Å². The summed E-state index contributed by atoms with van der Waals surface area (Å²) in [4.78, 5) is 2.17.